The first-order chi connectivity index (χ1) is 8.65. The van der Waals surface area contributed by atoms with Gasteiger partial charge in [0.2, 0.25) is 5.91 Å². The number of rotatable bonds is 2. The van der Waals surface area contributed by atoms with Gasteiger partial charge < -0.3 is 5.32 Å². The zero-order valence-electron chi connectivity index (χ0n) is 11.1. The largest absolute Gasteiger partial charge is 0.338 e. The highest BCUT2D eigenvalue weighted by atomic mass is 16.2. The van der Waals surface area contributed by atoms with Crippen LogP contribution >= 0.6 is 0 Å². The summed E-state index contributed by atoms with van der Waals surface area (Å²) in [6.07, 6.45) is 10.8. The second-order valence-corrected chi connectivity index (χ2v) is 5.87. The Labute approximate surface area is 109 Å². The highest BCUT2D eigenvalue weighted by molar-refractivity contribution is 5.80. The van der Waals surface area contributed by atoms with E-state index in [0.29, 0.717) is 5.92 Å². The molecule has 98 valence electrons. The lowest BCUT2D eigenvalue weighted by Gasteiger charge is -2.36. The fraction of sp³-hybridized carbons (Fsp3) is 0.733. The molecule has 1 amide bonds. The number of amides is 1. The van der Waals surface area contributed by atoms with Crippen molar-refractivity contribution in [3.8, 4) is 6.07 Å². The molecule has 1 N–H and O–H groups in total. The topological polar surface area (TPSA) is 52.9 Å². The molecule has 0 aromatic heterocycles. The second kappa shape index (κ2) is 5.56. The van der Waals surface area contributed by atoms with Crippen LogP contribution in [0.25, 0.3) is 0 Å². The molecule has 1 fully saturated rings. The molecule has 0 saturated heterocycles. The summed E-state index contributed by atoms with van der Waals surface area (Å²) in [7, 11) is 0. The number of nitrogens with zero attached hydrogens (tertiary/aromatic N) is 1. The first-order valence-electron chi connectivity index (χ1n) is 7.03. The Morgan fingerprint density at radius 2 is 2.28 bits per heavy atom. The maximum atomic E-state index is 12.2. The Morgan fingerprint density at radius 3 is 2.89 bits per heavy atom. The summed E-state index contributed by atoms with van der Waals surface area (Å²) in [5.74, 6) is 0.678. The van der Waals surface area contributed by atoms with E-state index in [-0.39, 0.29) is 11.8 Å². The minimum Gasteiger partial charge on any atom is -0.338 e. The lowest BCUT2D eigenvalue weighted by molar-refractivity contribution is -0.127. The zero-order chi connectivity index (χ0) is 13.0. The summed E-state index contributed by atoms with van der Waals surface area (Å²) in [5, 5.41) is 12.5. The van der Waals surface area contributed by atoms with E-state index >= 15 is 0 Å². The first-order valence-corrected chi connectivity index (χ1v) is 7.03. The summed E-state index contributed by atoms with van der Waals surface area (Å²) in [5.41, 5.74) is -0.601. The molecule has 0 aromatic carbocycles. The van der Waals surface area contributed by atoms with Crippen molar-refractivity contribution in [3.63, 3.8) is 0 Å². The Morgan fingerprint density at radius 1 is 1.44 bits per heavy atom. The van der Waals surface area contributed by atoms with Crippen LogP contribution in [0.1, 0.15) is 51.9 Å². The van der Waals surface area contributed by atoms with Crippen LogP contribution < -0.4 is 5.32 Å². The van der Waals surface area contributed by atoms with E-state index in [4.69, 9.17) is 0 Å². The second-order valence-electron chi connectivity index (χ2n) is 5.87. The molecule has 0 heterocycles. The molecule has 18 heavy (non-hydrogen) atoms. The minimum absolute atomic E-state index is 0.0671. The average Bonchev–Trinajstić information content (AvgIpc) is 2.39. The van der Waals surface area contributed by atoms with Crippen LogP contribution in [-0.2, 0) is 4.79 Å². The minimum atomic E-state index is -0.601. The molecule has 2 rings (SSSR count). The number of carbonyl (C=O) groups excluding carboxylic acids is 1. The molecule has 0 aliphatic heterocycles. The van der Waals surface area contributed by atoms with Crippen molar-refractivity contribution in [2.45, 2.75) is 57.4 Å². The van der Waals surface area contributed by atoms with Crippen molar-refractivity contribution in [2.75, 3.05) is 0 Å². The molecule has 0 bridgehead atoms. The van der Waals surface area contributed by atoms with Gasteiger partial charge in [0.15, 0.2) is 0 Å². The van der Waals surface area contributed by atoms with Gasteiger partial charge in [0, 0.05) is 5.92 Å². The van der Waals surface area contributed by atoms with Crippen molar-refractivity contribution >= 4 is 5.91 Å². The molecule has 1 saturated carbocycles. The Balaban J connectivity index is 1.99. The van der Waals surface area contributed by atoms with Gasteiger partial charge in [-0.1, -0.05) is 25.5 Å². The van der Waals surface area contributed by atoms with Crippen LogP contribution in [0.2, 0.25) is 0 Å². The number of hydrogen-bond acceptors (Lipinski definition) is 2. The number of nitriles is 1. The van der Waals surface area contributed by atoms with E-state index in [2.05, 4.69) is 30.5 Å². The molecule has 2 aliphatic carbocycles. The Kier molecular flexibility index (Phi) is 4.06. The van der Waals surface area contributed by atoms with Crippen molar-refractivity contribution < 1.29 is 4.79 Å². The summed E-state index contributed by atoms with van der Waals surface area (Å²) in [4.78, 5) is 12.2. The zero-order valence-corrected chi connectivity index (χ0v) is 11.1. The van der Waals surface area contributed by atoms with Gasteiger partial charge in [-0.05, 0) is 44.4 Å². The summed E-state index contributed by atoms with van der Waals surface area (Å²) >= 11 is 0. The van der Waals surface area contributed by atoms with E-state index in [0.717, 1.165) is 38.5 Å². The predicted octanol–water partition coefficient (Wildman–Crippen LogP) is 2.93. The average molecular weight is 246 g/mol. The van der Waals surface area contributed by atoms with Gasteiger partial charge in [-0.2, -0.15) is 5.26 Å². The normalized spacial score (nSPS) is 35.8. The third kappa shape index (κ3) is 2.93. The summed E-state index contributed by atoms with van der Waals surface area (Å²) in [6, 6.07) is 2.37. The fourth-order valence-electron chi connectivity index (χ4n) is 3.16. The van der Waals surface area contributed by atoms with Crippen molar-refractivity contribution in [1.82, 2.24) is 5.32 Å². The summed E-state index contributed by atoms with van der Waals surface area (Å²) < 4.78 is 0. The molecule has 3 nitrogen and oxygen atoms in total. The highest BCUT2D eigenvalue weighted by Crippen LogP contribution is 2.32. The van der Waals surface area contributed by atoms with Crippen molar-refractivity contribution in [2.24, 2.45) is 11.8 Å². The van der Waals surface area contributed by atoms with Gasteiger partial charge in [0.25, 0.3) is 0 Å². The molecule has 0 spiro atoms. The van der Waals surface area contributed by atoms with Crippen LogP contribution in [0.15, 0.2) is 12.2 Å². The quantitative estimate of drug-likeness (QED) is 0.762. The lowest BCUT2D eigenvalue weighted by atomic mass is 9.77. The fourth-order valence-corrected chi connectivity index (χ4v) is 3.16. The number of nitrogens with one attached hydrogen (secondary N) is 1. The molecule has 0 radical (unpaired) electrons. The van der Waals surface area contributed by atoms with E-state index in [1.807, 2.05) is 0 Å². The maximum absolute atomic E-state index is 12.2. The molecule has 0 aromatic rings. The Hall–Kier alpha value is -1.30. The molecule has 2 aliphatic rings. The van der Waals surface area contributed by atoms with Crippen molar-refractivity contribution in [3.05, 3.63) is 12.2 Å². The van der Waals surface area contributed by atoms with Gasteiger partial charge in [-0.25, -0.2) is 0 Å². The van der Waals surface area contributed by atoms with E-state index in [1.165, 1.54) is 6.42 Å². The van der Waals surface area contributed by atoms with Crippen molar-refractivity contribution in [1.29, 1.82) is 5.26 Å². The number of carbonyl (C=O) groups is 1. The SMILES string of the molecule is C[C@@H]1CCC[C@](C#N)(NC(=O)[C@@H]2CC=CCC2)C1. The maximum Gasteiger partial charge on any atom is 0.224 e. The van der Waals surface area contributed by atoms with Gasteiger partial charge in [-0.3, -0.25) is 4.79 Å². The molecule has 3 heteroatoms. The van der Waals surface area contributed by atoms with E-state index in [9.17, 15) is 10.1 Å². The van der Waals surface area contributed by atoms with E-state index < -0.39 is 5.54 Å². The van der Waals surface area contributed by atoms with Gasteiger partial charge in [0.05, 0.1) is 6.07 Å². The van der Waals surface area contributed by atoms with Crippen LogP contribution in [0, 0.1) is 23.2 Å². The molecular formula is C15H22N2O. The molecule has 3 atom stereocenters. The Bertz CT molecular complexity index is 382. The van der Waals surface area contributed by atoms with Crippen LogP contribution in [-0.4, -0.2) is 11.4 Å². The van der Waals surface area contributed by atoms with Crippen LogP contribution in [0.3, 0.4) is 0 Å². The summed E-state index contributed by atoms with van der Waals surface area (Å²) in [6.45, 7) is 2.17. The predicted molar refractivity (Wildman–Crippen MR) is 70.6 cm³/mol. The first kappa shape index (κ1) is 13.1. The standard InChI is InChI=1S/C15H22N2O/c1-12-6-5-9-15(10-12,11-16)17-14(18)13-7-3-2-4-8-13/h2-3,12-13H,4-10H2,1H3,(H,17,18)/t12-,13-,15+/m1/s1. The number of hydrogen-bond donors (Lipinski definition) is 1. The molecular weight excluding hydrogens is 224 g/mol. The van der Waals surface area contributed by atoms with Gasteiger partial charge in [0.1, 0.15) is 5.54 Å². The monoisotopic (exact) mass is 246 g/mol. The third-order valence-corrected chi connectivity index (χ3v) is 4.21. The molecule has 0 unspecified atom stereocenters. The highest BCUT2D eigenvalue weighted by Gasteiger charge is 2.37. The van der Waals surface area contributed by atoms with E-state index in [1.54, 1.807) is 0 Å². The smallest absolute Gasteiger partial charge is 0.224 e. The van der Waals surface area contributed by atoms with Gasteiger partial charge >= 0.3 is 0 Å². The lowest BCUT2D eigenvalue weighted by Crippen LogP contribution is -2.52. The number of allylic oxidation sites excluding steroid dienone is 2. The van der Waals surface area contributed by atoms with Crippen LogP contribution in [0.4, 0.5) is 0 Å². The van der Waals surface area contributed by atoms with Crippen LogP contribution in [0.5, 0.6) is 0 Å². The van der Waals surface area contributed by atoms with Gasteiger partial charge in [-0.15, -0.1) is 0 Å². The third-order valence-electron chi connectivity index (χ3n) is 4.21.